The third-order valence-electron chi connectivity index (χ3n) is 6.29. The number of likely N-dealkylation sites (tertiary alicyclic amines) is 1. The van der Waals surface area contributed by atoms with Gasteiger partial charge >= 0.3 is 6.18 Å². The number of halogens is 3. The van der Waals surface area contributed by atoms with Crippen LogP contribution in [0.4, 0.5) is 19.0 Å². The minimum Gasteiger partial charge on any atom is -0.358 e. The summed E-state index contributed by atoms with van der Waals surface area (Å²) in [5.41, 5.74) is -0.284. The van der Waals surface area contributed by atoms with E-state index in [1.54, 1.807) is 0 Å². The molecular weight excluding hydrogens is 443 g/mol. The molecule has 1 aliphatic heterocycles. The minimum atomic E-state index is -4.46. The fraction of sp³-hybridized carbons (Fsp3) is 0.640. The Kier molecular flexibility index (Phi) is 8.06. The van der Waals surface area contributed by atoms with Crippen molar-refractivity contribution in [3.05, 3.63) is 30.1 Å². The van der Waals surface area contributed by atoms with Crippen molar-refractivity contribution in [2.75, 3.05) is 11.9 Å². The number of carbonyl (C=O) groups excluding carboxylic acids is 1. The number of hydrogen-bond acceptors (Lipinski definition) is 5. The predicted molar refractivity (Wildman–Crippen MR) is 129 cm³/mol. The van der Waals surface area contributed by atoms with Gasteiger partial charge in [0.25, 0.3) is 0 Å². The molecule has 34 heavy (non-hydrogen) atoms. The Morgan fingerprint density at radius 3 is 2.29 bits per heavy atom. The van der Waals surface area contributed by atoms with Gasteiger partial charge < -0.3 is 15.5 Å². The third kappa shape index (κ3) is 6.17. The smallest absolute Gasteiger partial charge is 0.358 e. The lowest BCUT2D eigenvalue weighted by molar-refractivity contribution is -0.137. The predicted octanol–water partition coefficient (Wildman–Crippen LogP) is 5.39. The van der Waals surface area contributed by atoms with Crippen molar-refractivity contribution in [3.8, 4) is 0 Å². The number of hydrogen-bond donors (Lipinski definition) is 2. The van der Waals surface area contributed by atoms with Crippen LogP contribution in [-0.2, 0) is 11.0 Å². The van der Waals surface area contributed by atoms with Crippen LogP contribution in [0.1, 0.15) is 72.3 Å². The van der Waals surface area contributed by atoms with Crippen molar-refractivity contribution in [1.82, 2.24) is 20.2 Å². The topological polar surface area (TPSA) is 70.2 Å². The Morgan fingerprint density at radius 2 is 1.68 bits per heavy atom. The van der Waals surface area contributed by atoms with Gasteiger partial charge in [-0.15, -0.1) is 0 Å². The van der Waals surface area contributed by atoms with Crippen molar-refractivity contribution in [1.29, 1.82) is 0 Å². The summed E-state index contributed by atoms with van der Waals surface area (Å²) in [6.07, 6.45) is 1.42. The lowest BCUT2D eigenvalue weighted by Crippen LogP contribution is -2.49. The first-order valence-electron chi connectivity index (χ1n) is 12.2. The van der Waals surface area contributed by atoms with E-state index in [1.807, 2.05) is 18.7 Å². The van der Waals surface area contributed by atoms with Gasteiger partial charge in [-0.25, -0.2) is 9.97 Å². The molecule has 1 aromatic carbocycles. The first kappa shape index (κ1) is 26.2. The maximum Gasteiger partial charge on any atom is 0.416 e. The average molecular weight is 480 g/mol. The van der Waals surface area contributed by atoms with E-state index in [0.717, 1.165) is 37.8 Å². The molecule has 1 aromatic heterocycles. The molecule has 9 heteroatoms. The molecule has 1 aliphatic carbocycles. The molecule has 2 heterocycles. The van der Waals surface area contributed by atoms with Crippen LogP contribution in [0, 0.1) is 0 Å². The van der Waals surface area contributed by atoms with E-state index < -0.39 is 17.8 Å². The Labute approximate surface area is 199 Å². The van der Waals surface area contributed by atoms with Crippen LogP contribution in [0.2, 0.25) is 0 Å². The van der Waals surface area contributed by atoms with Crippen LogP contribution < -0.4 is 10.6 Å². The van der Waals surface area contributed by atoms with E-state index >= 15 is 0 Å². The molecule has 0 spiro atoms. The first-order valence-corrected chi connectivity index (χ1v) is 12.2. The summed E-state index contributed by atoms with van der Waals surface area (Å²) in [4.78, 5) is 23.2. The molecule has 1 atom stereocenters. The Hall–Kier alpha value is -2.42. The fourth-order valence-corrected chi connectivity index (χ4v) is 4.86. The summed E-state index contributed by atoms with van der Waals surface area (Å²) in [6.45, 7) is 11.1. The number of carbonyl (C=O) groups is 1. The van der Waals surface area contributed by atoms with Crippen LogP contribution in [0.15, 0.2) is 24.5 Å². The molecule has 4 rings (SSSR count). The highest BCUT2D eigenvalue weighted by Gasteiger charge is 2.38. The second-order valence-electron chi connectivity index (χ2n) is 9.87. The summed E-state index contributed by atoms with van der Waals surface area (Å²) in [5.74, 6) is 0.260. The Morgan fingerprint density at radius 1 is 1.00 bits per heavy atom. The number of alkyl halides is 3. The van der Waals surface area contributed by atoms with Gasteiger partial charge in [-0.2, -0.15) is 13.2 Å². The van der Waals surface area contributed by atoms with Crippen LogP contribution >= 0.6 is 0 Å². The third-order valence-corrected chi connectivity index (χ3v) is 6.29. The molecule has 2 fully saturated rings. The van der Waals surface area contributed by atoms with E-state index in [-0.39, 0.29) is 28.7 Å². The SMILES string of the molecule is CC.CC(C)(C)NC1CCC(N2CCC(Nc3ncnc4ccc(C(F)(F)F)cc34)C2=O)CC1. The van der Waals surface area contributed by atoms with E-state index in [0.29, 0.717) is 24.5 Å². The van der Waals surface area contributed by atoms with E-state index in [4.69, 9.17) is 0 Å². The van der Waals surface area contributed by atoms with Gasteiger partial charge in [-0.3, -0.25) is 4.79 Å². The molecule has 2 aliphatic rings. The highest BCUT2D eigenvalue weighted by Crippen LogP contribution is 2.33. The van der Waals surface area contributed by atoms with E-state index in [1.165, 1.54) is 12.4 Å². The monoisotopic (exact) mass is 479 g/mol. The summed E-state index contributed by atoms with van der Waals surface area (Å²) >= 11 is 0. The fourth-order valence-electron chi connectivity index (χ4n) is 4.86. The molecule has 0 bridgehead atoms. The average Bonchev–Trinajstić information content (AvgIpc) is 3.14. The van der Waals surface area contributed by atoms with Gasteiger partial charge in [0.15, 0.2) is 0 Å². The maximum absolute atomic E-state index is 13.2. The number of nitrogens with one attached hydrogen (secondary N) is 2. The van der Waals surface area contributed by atoms with Gasteiger partial charge in [-0.1, -0.05) is 13.8 Å². The maximum atomic E-state index is 13.2. The number of amides is 1. The molecule has 6 nitrogen and oxygen atoms in total. The standard InChI is InChI=1S/C23H30F3N5O.C2H6/c1-22(2,3)30-15-5-7-16(8-6-15)31-11-10-19(21(31)32)29-20-17-12-14(23(24,25)26)4-9-18(17)27-13-28-20;1-2/h4,9,12-13,15-16,19,30H,5-8,10-11H2,1-3H3,(H,27,28,29);1-2H3. The Bertz CT molecular complexity index is 981. The molecular formula is C25H36F3N5O. The molecule has 1 unspecified atom stereocenters. The molecule has 1 amide bonds. The quantitative estimate of drug-likeness (QED) is 0.616. The molecule has 0 radical (unpaired) electrons. The molecule has 188 valence electrons. The second-order valence-corrected chi connectivity index (χ2v) is 9.87. The number of benzene rings is 1. The number of nitrogens with zero attached hydrogens (tertiary/aromatic N) is 3. The van der Waals surface area contributed by atoms with E-state index in [9.17, 15) is 18.0 Å². The van der Waals surface area contributed by atoms with Crippen molar-refractivity contribution in [3.63, 3.8) is 0 Å². The molecule has 2 aromatic rings. The lowest BCUT2D eigenvalue weighted by atomic mass is 9.89. The van der Waals surface area contributed by atoms with Crippen molar-refractivity contribution >= 4 is 22.6 Å². The van der Waals surface area contributed by atoms with Gasteiger partial charge in [0.1, 0.15) is 18.2 Å². The normalized spacial score (nSPS) is 23.6. The van der Waals surface area contributed by atoms with Crippen molar-refractivity contribution < 1.29 is 18.0 Å². The molecule has 1 saturated carbocycles. The lowest BCUT2D eigenvalue weighted by Gasteiger charge is -2.37. The summed E-state index contributed by atoms with van der Waals surface area (Å²) < 4.78 is 39.5. The van der Waals surface area contributed by atoms with Crippen LogP contribution in [-0.4, -0.2) is 51.0 Å². The van der Waals surface area contributed by atoms with Gasteiger partial charge in [0.2, 0.25) is 5.91 Å². The van der Waals surface area contributed by atoms with Gasteiger partial charge in [0.05, 0.1) is 11.1 Å². The highest BCUT2D eigenvalue weighted by atomic mass is 19.4. The minimum absolute atomic E-state index is 0.00373. The van der Waals surface area contributed by atoms with E-state index in [2.05, 4.69) is 41.4 Å². The summed E-state index contributed by atoms with van der Waals surface area (Å²) in [5, 5.41) is 7.01. The second kappa shape index (κ2) is 10.5. The highest BCUT2D eigenvalue weighted by molar-refractivity contribution is 5.93. The zero-order valence-corrected chi connectivity index (χ0v) is 20.7. The zero-order chi connectivity index (χ0) is 25.1. The number of fused-ring (bicyclic) bond motifs is 1. The number of anilines is 1. The van der Waals surface area contributed by atoms with Gasteiger partial charge in [-0.05, 0) is 71.1 Å². The zero-order valence-electron chi connectivity index (χ0n) is 20.7. The summed E-state index contributed by atoms with van der Waals surface area (Å²) in [6, 6.07) is 3.57. The molecule has 2 N–H and O–H groups in total. The first-order chi connectivity index (χ1) is 16.0. The van der Waals surface area contributed by atoms with Crippen molar-refractivity contribution in [2.45, 2.75) is 96.6 Å². The van der Waals surface area contributed by atoms with Crippen LogP contribution in [0.25, 0.3) is 10.9 Å². The number of rotatable bonds is 4. The van der Waals surface area contributed by atoms with Crippen LogP contribution in [0.5, 0.6) is 0 Å². The Balaban J connectivity index is 0.00000158. The molecule has 1 saturated heterocycles. The van der Waals surface area contributed by atoms with Gasteiger partial charge in [0, 0.05) is 29.6 Å². The number of aromatic nitrogens is 2. The van der Waals surface area contributed by atoms with Crippen LogP contribution in [0.3, 0.4) is 0 Å². The summed E-state index contributed by atoms with van der Waals surface area (Å²) in [7, 11) is 0. The largest absolute Gasteiger partial charge is 0.416 e. The van der Waals surface area contributed by atoms with Crippen molar-refractivity contribution in [2.24, 2.45) is 0 Å².